The second kappa shape index (κ2) is 6.56. The quantitative estimate of drug-likeness (QED) is 0.837. The topological polar surface area (TPSA) is 50.1 Å². The molecule has 1 fully saturated rings. The lowest BCUT2D eigenvalue weighted by molar-refractivity contribution is -0.124. The third-order valence-electron chi connectivity index (χ3n) is 4.19. The van der Waals surface area contributed by atoms with E-state index >= 15 is 0 Å². The van der Waals surface area contributed by atoms with E-state index in [1.807, 2.05) is 25.1 Å². The monoisotopic (exact) mass is 271 g/mol. The first-order valence-corrected chi connectivity index (χ1v) is 7.25. The van der Waals surface area contributed by atoms with Crippen LogP contribution in [0.1, 0.15) is 49.1 Å². The van der Waals surface area contributed by atoms with Gasteiger partial charge in [-0.3, -0.25) is 4.79 Å². The minimum Gasteiger partial charge on any atom is -0.496 e. The highest BCUT2D eigenvalue weighted by Gasteiger charge is 2.29. The number of methoxy groups -OCH3 is 1. The van der Waals surface area contributed by atoms with Gasteiger partial charge in [-0.15, -0.1) is 0 Å². The molecule has 3 nitrogen and oxygen atoms in total. The summed E-state index contributed by atoms with van der Waals surface area (Å²) in [6, 6.07) is 7.78. The SMILES string of the molecule is COc1cc(C(C#N)C(=O)C2CCCCC2)ccc1C. The summed E-state index contributed by atoms with van der Waals surface area (Å²) in [4.78, 5) is 12.6. The molecular weight excluding hydrogens is 250 g/mol. The van der Waals surface area contributed by atoms with Gasteiger partial charge in [-0.2, -0.15) is 5.26 Å². The minimum absolute atomic E-state index is 0.0562. The summed E-state index contributed by atoms with van der Waals surface area (Å²) in [6.07, 6.45) is 5.27. The zero-order chi connectivity index (χ0) is 14.5. The molecule has 0 amide bonds. The van der Waals surface area contributed by atoms with Crippen molar-refractivity contribution in [2.24, 2.45) is 5.92 Å². The summed E-state index contributed by atoms with van der Waals surface area (Å²) >= 11 is 0. The molecule has 1 aromatic rings. The molecule has 0 heterocycles. The minimum atomic E-state index is -0.660. The first-order valence-electron chi connectivity index (χ1n) is 7.25. The number of carbonyl (C=O) groups excluding carboxylic acids is 1. The lowest BCUT2D eigenvalue weighted by Crippen LogP contribution is -2.23. The van der Waals surface area contributed by atoms with Crippen LogP contribution in [0.15, 0.2) is 18.2 Å². The molecule has 0 aromatic heterocycles. The van der Waals surface area contributed by atoms with Gasteiger partial charge in [0.15, 0.2) is 5.78 Å². The molecule has 0 saturated heterocycles. The van der Waals surface area contributed by atoms with Crippen LogP contribution in [0.4, 0.5) is 0 Å². The van der Waals surface area contributed by atoms with Crippen LogP contribution in [0.5, 0.6) is 5.75 Å². The molecule has 1 saturated carbocycles. The molecule has 1 aliphatic rings. The lowest BCUT2D eigenvalue weighted by Gasteiger charge is -2.22. The van der Waals surface area contributed by atoms with Gasteiger partial charge in [-0.05, 0) is 37.0 Å². The van der Waals surface area contributed by atoms with Gasteiger partial charge < -0.3 is 4.74 Å². The van der Waals surface area contributed by atoms with Crippen molar-refractivity contribution in [3.63, 3.8) is 0 Å². The molecule has 0 spiro atoms. The summed E-state index contributed by atoms with van der Waals surface area (Å²) < 4.78 is 5.28. The number of nitriles is 1. The molecule has 0 radical (unpaired) electrons. The predicted molar refractivity (Wildman–Crippen MR) is 77.7 cm³/mol. The van der Waals surface area contributed by atoms with Crippen LogP contribution in [-0.2, 0) is 4.79 Å². The molecule has 20 heavy (non-hydrogen) atoms. The Bertz CT molecular complexity index is 524. The zero-order valence-corrected chi connectivity index (χ0v) is 12.2. The van der Waals surface area contributed by atoms with Gasteiger partial charge in [0.1, 0.15) is 11.7 Å². The first kappa shape index (κ1) is 14.6. The highest BCUT2D eigenvalue weighted by molar-refractivity contribution is 5.90. The van der Waals surface area contributed by atoms with E-state index in [1.165, 1.54) is 6.42 Å². The van der Waals surface area contributed by atoms with E-state index in [2.05, 4.69) is 6.07 Å². The number of ether oxygens (including phenoxy) is 1. The van der Waals surface area contributed by atoms with Gasteiger partial charge in [0.2, 0.25) is 0 Å². The van der Waals surface area contributed by atoms with Crippen LogP contribution in [-0.4, -0.2) is 12.9 Å². The Hall–Kier alpha value is -1.82. The highest BCUT2D eigenvalue weighted by Crippen LogP contribution is 2.31. The number of Topliss-reactive ketones (excluding diaryl/α,β-unsaturated/α-hetero) is 1. The number of hydrogen-bond acceptors (Lipinski definition) is 3. The van der Waals surface area contributed by atoms with Gasteiger partial charge >= 0.3 is 0 Å². The number of rotatable bonds is 4. The van der Waals surface area contributed by atoms with Crippen molar-refractivity contribution in [2.75, 3.05) is 7.11 Å². The van der Waals surface area contributed by atoms with Gasteiger partial charge in [-0.25, -0.2) is 0 Å². The maximum Gasteiger partial charge on any atom is 0.157 e. The Kier molecular flexibility index (Phi) is 4.79. The Morgan fingerprint density at radius 1 is 1.35 bits per heavy atom. The molecule has 0 aliphatic heterocycles. The molecular formula is C17H21NO2. The van der Waals surface area contributed by atoms with Crippen molar-refractivity contribution in [3.05, 3.63) is 29.3 Å². The van der Waals surface area contributed by atoms with Crippen LogP contribution in [0.3, 0.4) is 0 Å². The van der Waals surface area contributed by atoms with Crippen molar-refractivity contribution in [3.8, 4) is 11.8 Å². The highest BCUT2D eigenvalue weighted by atomic mass is 16.5. The number of hydrogen-bond donors (Lipinski definition) is 0. The molecule has 3 heteroatoms. The maximum absolute atomic E-state index is 12.6. The molecule has 106 valence electrons. The normalized spacial score (nSPS) is 17.2. The largest absolute Gasteiger partial charge is 0.496 e. The van der Waals surface area contributed by atoms with Crippen molar-refractivity contribution in [2.45, 2.75) is 44.9 Å². The van der Waals surface area contributed by atoms with Crippen LogP contribution in [0.2, 0.25) is 0 Å². The summed E-state index contributed by atoms with van der Waals surface area (Å²) in [5.41, 5.74) is 1.77. The molecule has 1 atom stereocenters. The van der Waals surface area contributed by atoms with E-state index in [0.29, 0.717) is 0 Å². The van der Waals surface area contributed by atoms with E-state index in [0.717, 1.165) is 42.6 Å². The standard InChI is InChI=1S/C17H21NO2/c1-12-8-9-14(10-16(12)20-2)15(11-18)17(19)13-6-4-3-5-7-13/h8-10,13,15H,3-7H2,1-2H3. The fourth-order valence-corrected chi connectivity index (χ4v) is 2.94. The van der Waals surface area contributed by atoms with Crippen molar-refractivity contribution >= 4 is 5.78 Å². The molecule has 0 N–H and O–H groups in total. The van der Waals surface area contributed by atoms with E-state index in [4.69, 9.17) is 4.74 Å². The predicted octanol–water partition coefficient (Wildman–Crippen LogP) is 3.76. The van der Waals surface area contributed by atoms with Gasteiger partial charge in [0, 0.05) is 5.92 Å². The average molecular weight is 271 g/mol. The summed E-state index contributed by atoms with van der Waals surface area (Å²) in [5.74, 6) is 0.214. The molecule has 2 rings (SSSR count). The average Bonchev–Trinajstić information content (AvgIpc) is 2.50. The van der Waals surface area contributed by atoms with Crippen LogP contribution in [0, 0.1) is 24.2 Å². The second-order valence-electron chi connectivity index (χ2n) is 5.53. The van der Waals surface area contributed by atoms with Crippen LogP contribution >= 0.6 is 0 Å². The number of aryl methyl sites for hydroxylation is 1. The molecule has 1 unspecified atom stereocenters. The number of ketones is 1. The van der Waals surface area contributed by atoms with E-state index in [9.17, 15) is 10.1 Å². The van der Waals surface area contributed by atoms with Gasteiger partial charge in [0.05, 0.1) is 13.2 Å². The smallest absolute Gasteiger partial charge is 0.157 e. The van der Waals surface area contributed by atoms with Crippen molar-refractivity contribution < 1.29 is 9.53 Å². The van der Waals surface area contributed by atoms with E-state index in [1.54, 1.807) is 7.11 Å². The maximum atomic E-state index is 12.6. The second-order valence-corrected chi connectivity index (χ2v) is 5.53. The van der Waals surface area contributed by atoms with Crippen LogP contribution < -0.4 is 4.74 Å². The fourth-order valence-electron chi connectivity index (χ4n) is 2.94. The summed E-state index contributed by atoms with van der Waals surface area (Å²) in [5, 5.41) is 9.40. The number of carbonyl (C=O) groups is 1. The third-order valence-corrected chi connectivity index (χ3v) is 4.19. The fraction of sp³-hybridized carbons (Fsp3) is 0.529. The Morgan fingerprint density at radius 3 is 2.65 bits per heavy atom. The van der Waals surface area contributed by atoms with Crippen LogP contribution in [0.25, 0.3) is 0 Å². The Morgan fingerprint density at radius 2 is 2.05 bits per heavy atom. The van der Waals surface area contributed by atoms with Gasteiger partial charge in [-0.1, -0.05) is 31.4 Å². The van der Waals surface area contributed by atoms with E-state index in [-0.39, 0.29) is 11.7 Å². The van der Waals surface area contributed by atoms with E-state index < -0.39 is 5.92 Å². The summed E-state index contributed by atoms with van der Waals surface area (Å²) in [7, 11) is 1.61. The van der Waals surface area contributed by atoms with Crippen molar-refractivity contribution in [1.82, 2.24) is 0 Å². The van der Waals surface area contributed by atoms with Gasteiger partial charge in [0.25, 0.3) is 0 Å². The third kappa shape index (κ3) is 3.01. The number of benzene rings is 1. The molecule has 1 aliphatic carbocycles. The Labute approximate surface area is 120 Å². The summed E-state index contributed by atoms with van der Waals surface area (Å²) in [6.45, 7) is 1.95. The first-order chi connectivity index (χ1) is 9.67. The lowest BCUT2D eigenvalue weighted by atomic mass is 9.80. The molecule has 1 aromatic carbocycles. The van der Waals surface area contributed by atoms with Crippen molar-refractivity contribution in [1.29, 1.82) is 5.26 Å². The molecule has 0 bridgehead atoms. The number of nitrogens with zero attached hydrogens (tertiary/aromatic N) is 1. The zero-order valence-electron chi connectivity index (χ0n) is 12.2. The Balaban J connectivity index is 2.23.